The molecule has 0 saturated heterocycles. The molecule has 0 aromatic heterocycles. The highest BCUT2D eigenvalue weighted by molar-refractivity contribution is 6.04. The second-order valence-electron chi connectivity index (χ2n) is 10.5. The van der Waals surface area contributed by atoms with Gasteiger partial charge in [-0.2, -0.15) is 0 Å². The zero-order valence-corrected chi connectivity index (χ0v) is 23.5. The third-order valence-electron chi connectivity index (χ3n) is 7.39. The lowest BCUT2D eigenvalue weighted by atomic mass is 9.98. The molecule has 1 atom stereocenters. The normalized spacial score (nSPS) is 12.7. The van der Waals surface area contributed by atoms with Gasteiger partial charge in [-0.15, -0.1) is 0 Å². The van der Waals surface area contributed by atoms with Gasteiger partial charge in [0, 0.05) is 19.0 Å². The number of likely N-dealkylation sites (N-methyl/N-ethyl adjacent to an activating group) is 1. The maximum atomic E-state index is 13.3. The minimum absolute atomic E-state index is 0.0942. The van der Waals surface area contributed by atoms with Crippen LogP contribution in [0.5, 0.6) is 0 Å². The van der Waals surface area contributed by atoms with E-state index in [-0.39, 0.29) is 30.3 Å². The molecule has 0 heterocycles. The molecule has 1 unspecified atom stereocenters. The Morgan fingerprint density at radius 3 is 2.14 bits per heavy atom. The Balaban J connectivity index is 1.25. The zero-order valence-electron chi connectivity index (χ0n) is 23.5. The quantitative estimate of drug-likeness (QED) is 0.229. The monoisotopic (exact) mass is 563 g/mol. The summed E-state index contributed by atoms with van der Waals surface area (Å²) in [6.07, 6.45) is -0.702. The van der Waals surface area contributed by atoms with Crippen molar-refractivity contribution in [1.82, 2.24) is 10.2 Å². The molecule has 8 heteroatoms. The van der Waals surface area contributed by atoms with Gasteiger partial charge < -0.3 is 15.2 Å². The van der Waals surface area contributed by atoms with Gasteiger partial charge in [0.15, 0.2) is 0 Å². The van der Waals surface area contributed by atoms with Gasteiger partial charge in [0.2, 0.25) is 0 Å². The smallest absolute Gasteiger partial charge is 0.411 e. The Hall–Kier alpha value is -4.95. The molecule has 42 heavy (non-hydrogen) atoms. The highest BCUT2D eigenvalue weighted by Gasteiger charge is 2.29. The number of amides is 2. The number of fused-ring (bicyclic) bond motifs is 3. The first kappa shape index (κ1) is 28.6. The maximum absolute atomic E-state index is 13.3. The molecule has 8 nitrogen and oxygen atoms in total. The molecule has 214 valence electrons. The van der Waals surface area contributed by atoms with Crippen molar-refractivity contribution < 1.29 is 24.2 Å². The van der Waals surface area contributed by atoms with Gasteiger partial charge in [0.05, 0.1) is 11.3 Å². The molecule has 0 fully saturated rings. The average Bonchev–Trinajstić information content (AvgIpc) is 3.30. The van der Waals surface area contributed by atoms with Crippen LogP contribution in [0.1, 0.15) is 38.5 Å². The molecule has 0 radical (unpaired) electrons. The van der Waals surface area contributed by atoms with Crippen molar-refractivity contribution in [2.75, 3.05) is 25.5 Å². The van der Waals surface area contributed by atoms with Crippen LogP contribution in [-0.4, -0.2) is 54.2 Å². The first-order valence-electron chi connectivity index (χ1n) is 13.8. The molecule has 0 spiro atoms. The van der Waals surface area contributed by atoms with Gasteiger partial charge in [-0.25, -0.2) is 9.59 Å². The number of aryl methyl sites for hydroxylation is 1. The molecule has 5 rings (SSSR count). The molecule has 2 amide bonds. The van der Waals surface area contributed by atoms with Crippen molar-refractivity contribution >= 4 is 23.7 Å². The summed E-state index contributed by atoms with van der Waals surface area (Å²) in [5.41, 5.74) is 6.65. The minimum atomic E-state index is -1.16. The summed E-state index contributed by atoms with van der Waals surface area (Å²) in [6.45, 7) is 2.56. The summed E-state index contributed by atoms with van der Waals surface area (Å²) in [7, 11) is 1.80. The number of nitrogens with one attached hydrogen (secondary N) is 2. The Morgan fingerprint density at radius 1 is 0.881 bits per heavy atom. The largest absolute Gasteiger partial charge is 0.480 e. The Bertz CT molecular complexity index is 1560. The van der Waals surface area contributed by atoms with Gasteiger partial charge >= 0.3 is 12.1 Å². The number of ether oxygens (including phenoxy) is 1. The first-order valence-corrected chi connectivity index (χ1v) is 13.8. The van der Waals surface area contributed by atoms with Crippen molar-refractivity contribution in [3.63, 3.8) is 0 Å². The number of carboxylic acids is 1. The summed E-state index contributed by atoms with van der Waals surface area (Å²) in [4.78, 5) is 40.1. The Morgan fingerprint density at radius 2 is 1.50 bits per heavy atom. The van der Waals surface area contributed by atoms with Crippen LogP contribution >= 0.6 is 0 Å². The summed E-state index contributed by atoms with van der Waals surface area (Å²) in [6, 6.07) is 29.6. The predicted molar refractivity (Wildman–Crippen MR) is 162 cm³/mol. The third kappa shape index (κ3) is 6.50. The van der Waals surface area contributed by atoms with Gasteiger partial charge in [0.1, 0.15) is 12.6 Å². The number of rotatable bonds is 10. The van der Waals surface area contributed by atoms with E-state index in [4.69, 9.17) is 4.74 Å². The number of nitrogens with zero attached hydrogens (tertiary/aromatic N) is 1. The topological polar surface area (TPSA) is 108 Å². The highest BCUT2D eigenvalue weighted by Crippen LogP contribution is 2.44. The number of anilines is 1. The van der Waals surface area contributed by atoms with Crippen molar-refractivity contribution in [2.24, 2.45) is 0 Å². The molecular weight excluding hydrogens is 530 g/mol. The second-order valence-corrected chi connectivity index (χ2v) is 10.5. The highest BCUT2D eigenvalue weighted by atomic mass is 16.5. The van der Waals surface area contributed by atoms with Gasteiger partial charge in [0.25, 0.3) is 5.91 Å². The average molecular weight is 564 g/mol. The van der Waals surface area contributed by atoms with Crippen LogP contribution < -0.4 is 10.6 Å². The number of hydrogen-bond donors (Lipinski definition) is 3. The van der Waals surface area contributed by atoms with Crippen molar-refractivity contribution in [1.29, 1.82) is 0 Å². The molecule has 0 bridgehead atoms. The van der Waals surface area contributed by atoms with Crippen molar-refractivity contribution in [3.8, 4) is 11.1 Å². The second kappa shape index (κ2) is 12.7. The molecule has 4 aromatic rings. The number of benzene rings is 4. The van der Waals surface area contributed by atoms with Crippen molar-refractivity contribution in [2.45, 2.75) is 25.4 Å². The lowest BCUT2D eigenvalue weighted by molar-refractivity contribution is -0.139. The third-order valence-corrected chi connectivity index (χ3v) is 7.39. The van der Waals surface area contributed by atoms with E-state index in [1.54, 1.807) is 25.2 Å². The fraction of sp³-hybridized carbons (Fsp3) is 0.206. The van der Waals surface area contributed by atoms with Gasteiger partial charge in [-0.05, 0) is 53.9 Å². The molecule has 1 aliphatic rings. The number of carbonyl (C=O) groups excluding carboxylic acids is 2. The fourth-order valence-electron chi connectivity index (χ4n) is 5.39. The molecule has 1 aliphatic carbocycles. The van der Waals surface area contributed by atoms with Crippen LogP contribution in [0.3, 0.4) is 0 Å². The number of aliphatic carboxylic acids is 1. The van der Waals surface area contributed by atoms with Crippen LogP contribution in [0.4, 0.5) is 10.5 Å². The molecule has 4 aromatic carbocycles. The van der Waals surface area contributed by atoms with Crippen LogP contribution in [0.15, 0.2) is 97.1 Å². The summed E-state index contributed by atoms with van der Waals surface area (Å²) >= 11 is 0. The number of hydrogen-bond acceptors (Lipinski definition) is 5. The Kier molecular flexibility index (Phi) is 8.64. The maximum Gasteiger partial charge on any atom is 0.411 e. The van der Waals surface area contributed by atoms with Crippen molar-refractivity contribution in [3.05, 3.63) is 125 Å². The predicted octanol–water partition coefficient (Wildman–Crippen LogP) is 5.67. The van der Waals surface area contributed by atoms with Crippen LogP contribution in [0.25, 0.3) is 11.1 Å². The van der Waals surface area contributed by atoms with Crippen LogP contribution in [0, 0.1) is 6.92 Å². The van der Waals surface area contributed by atoms with E-state index in [0.717, 1.165) is 33.4 Å². The molecule has 3 N–H and O–H groups in total. The van der Waals surface area contributed by atoms with Gasteiger partial charge in [-0.3, -0.25) is 15.0 Å². The van der Waals surface area contributed by atoms with E-state index >= 15 is 0 Å². The van der Waals surface area contributed by atoms with Crippen LogP contribution in [0.2, 0.25) is 0 Å². The molecule has 0 saturated carbocycles. The standard InChI is InChI=1S/C34H33N3O5/c1-22-16-17-30(28(18-22)32(38)35-31(33(39)40)20-37(2)19-23-10-4-3-5-11-23)36-34(41)42-21-29-26-14-8-6-12-24(26)25-13-7-9-15-27(25)29/h3-18,29,31H,19-21H2,1-2H3,(H,35,38)(H,36,41)(H,39,40). The molecule has 0 aliphatic heterocycles. The van der Waals surface area contributed by atoms with E-state index < -0.39 is 24.0 Å². The first-order chi connectivity index (χ1) is 20.3. The van der Waals surface area contributed by atoms with E-state index in [2.05, 4.69) is 22.8 Å². The fourth-order valence-corrected chi connectivity index (χ4v) is 5.39. The number of carbonyl (C=O) groups is 3. The van der Waals surface area contributed by atoms with Gasteiger partial charge in [-0.1, -0.05) is 90.5 Å². The lowest BCUT2D eigenvalue weighted by Crippen LogP contribution is -2.47. The van der Waals surface area contributed by atoms with Crippen LogP contribution in [-0.2, 0) is 16.1 Å². The van der Waals surface area contributed by atoms with E-state index in [1.807, 2.05) is 78.6 Å². The molecular formula is C34H33N3O5. The van der Waals surface area contributed by atoms with E-state index in [1.165, 1.54) is 0 Å². The SMILES string of the molecule is Cc1ccc(NC(=O)OCC2c3ccccc3-c3ccccc32)c(C(=O)NC(CN(C)Cc2ccccc2)C(=O)O)c1. The summed E-state index contributed by atoms with van der Waals surface area (Å²) < 4.78 is 5.65. The summed E-state index contributed by atoms with van der Waals surface area (Å²) in [5, 5.41) is 15.1. The number of carboxylic acid groups (broad SMARTS) is 1. The minimum Gasteiger partial charge on any atom is -0.480 e. The summed E-state index contributed by atoms with van der Waals surface area (Å²) in [5.74, 6) is -1.86. The zero-order chi connectivity index (χ0) is 29.6. The lowest BCUT2D eigenvalue weighted by Gasteiger charge is -2.23. The van der Waals surface area contributed by atoms with E-state index in [9.17, 15) is 19.5 Å². The Labute approximate surface area is 244 Å². The van der Waals surface area contributed by atoms with E-state index in [0.29, 0.717) is 6.54 Å².